The molecule has 0 saturated carbocycles. The first-order chi connectivity index (χ1) is 14.2. The Kier molecular flexibility index (Phi) is 7.47. The van der Waals surface area contributed by atoms with Crippen LogP contribution in [0.4, 0.5) is 0 Å². The van der Waals surface area contributed by atoms with Crippen LogP contribution in [-0.2, 0) is 0 Å². The zero-order valence-corrected chi connectivity index (χ0v) is 20.6. The first-order valence-corrected chi connectivity index (χ1v) is 11.2. The molecule has 4 aromatic rings. The average Bonchev–Trinajstić information content (AvgIpc) is 2.67. The first kappa shape index (κ1) is 23.1. The van der Waals surface area contributed by atoms with Crippen LogP contribution in [0, 0.1) is 0 Å². The van der Waals surface area contributed by atoms with Crippen molar-refractivity contribution >= 4 is 82.7 Å². The van der Waals surface area contributed by atoms with Gasteiger partial charge in [-0.2, -0.15) is 0 Å². The topological polar surface area (TPSA) is 63.1 Å². The molecule has 0 saturated heterocycles. The van der Waals surface area contributed by atoms with Gasteiger partial charge in [0, 0.05) is 26.6 Å². The lowest BCUT2D eigenvalue weighted by Crippen LogP contribution is -1.97. The van der Waals surface area contributed by atoms with Gasteiger partial charge < -0.3 is 5.11 Å². The van der Waals surface area contributed by atoms with Crippen LogP contribution in [-0.4, -0.2) is 20.9 Å². The van der Waals surface area contributed by atoms with E-state index in [2.05, 4.69) is 41.8 Å². The molecule has 2 heterocycles. The van der Waals surface area contributed by atoms with Crippen LogP contribution in [0.25, 0.3) is 21.8 Å². The molecule has 0 unspecified atom stereocenters. The molecule has 0 aliphatic rings. The second-order valence-electron chi connectivity index (χ2n) is 6.57. The molecule has 0 fully saturated rings. The molecule has 8 heteroatoms. The third-order valence-corrected chi connectivity index (χ3v) is 5.86. The van der Waals surface area contributed by atoms with E-state index in [-0.39, 0.29) is 5.78 Å². The molecule has 0 radical (unpaired) electrons. The van der Waals surface area contributed by atoms with E-state index in [0.717, 1.165) is 30.8 Å². The summed E-state index contributed by atoms with van der Waals surface area (Å²) in [5.41, 5.74) is 2.49. The predicted octanol–water partition coefficient (Wildman–Crippen LogP) is 7.56. The number of hydrogen-bond donors (Lipinski definition) is 1. The Balaban J connectivity index is 0.000000171. The zero-order chi connectivity index (χ0) is 22.0. The third kappa shape index (κ3) is 5.37. The van der Waals surface area contributed by atoms with Crippen LogP contribution in [0.15, 0.2) is 57.5 Å². The molecule has 0 aliphatic heterocycles. The van der Waals surface area contributed by atoms with E-state index in [0.29, 0.717) is 21.4 Å². The standard InChI is InChI=1S/C11H9BrClNO.C11H7BrClNO/c2*1-6(15)10-5-9(13)8-3-2-7(12)4-11(8)14-10/h2-6,15H,1H3;2-5H,1H3/t6-;/m1./s1. The van der Waals surface area contributed by atoms with Gasteiger partial charge in [0.15, 0.2) is 5.78 Å². The number of rotatable bonds is 2. The van der Waals surface area contributed by atoms with E-state index in [1.165, 1.54) is 6.92 Å². The molecule has 4 nitrogen and oxygen atoms in total. The van der Waals surface area contributed by atoms with Crippen LogP contribution in [0.5, 0.6) is 0 Å². The summed E-state index contributed by atoms with van der Waals surface area (Å²) in [4.78, 5) is 19.8. The maximum absolute atomic E-state index is 11.2. The molecule has 2 aromatic heterocycles. The zero-order valence-electron chi connectivity index (χ0n) is 16.0. The Hall–Kier alpha value is -1.57. The van der Waals surface area contributed by atoms with Gasteiger partial charge in [-0.1, -0.05) is 67.2 Å². The van der Waals surface area contributed by atoms with Gasteiger partial charge in [-0.05, 0) is 43.3 Å². The fraction of sp³-hybridized carbons (Fsp3) is 0.136. The minimum absolute atomic E-state index is 0.0845. The highest BCUT2D eigenvalue weighted by Crippen LogP contribution is 2.28. The number of nitrogens with zero attached hydrogens (tertiary/aromatic N) is 2. The molecule has 154 valence electrons. The van der Waals surface area contributed by atoms with Crippen LogP contribution in [0.1, 0.15) is 36.1 Å². The molecule has 2 aromatic carbocycles. The highest BCUT2D eigenvalue weighted by molar-refractivity contribution is 9.10. The lowest BCUT2D eigenvalue weighted by Gasteiger charge is -2.07. The normalized spacial score (nSPS) is 11.8. The number of aliphatic hydroxyl groups is 1. The predicted molar refractivity (Wildman–Crippen MR) is 130 cm³/mol. The van der Waals surface area contributed by atoms with E-state index in [9.17, 15) is 9.90 Å². The van der Waals surface area contributed by atoms with Gasteiger partial charge in [-0.25, -0.2) is 9.97 Å². The molecule has 30 heavy (non-hydrogen) atoms. The molecule has 0 aliphatic carbocycles. The minimum Gasteiger partial charge on any atom is -0.387 e. The van der Waals surface area contributed by atoms with Crippen molar-refractivity contribution in [1.82, 2.24) is 9.97 Å². The molecular weight excluding hydrogens is 555 g/mol. The molecule has 0 spiro atoms. The number of fused-ring (bicyclic) bond motifs is 2. The summed E-state index contributed by atoms with van der Waals surface area (Å²) in [6, 6.07) is 14.6. The highest BCUT2D eigenvalue weighted by atomic mass is 79.9. The number of halogens is 4. The number of carbonyl (C=O) groups is 1. The summed E-state index contributed by atoms with van der Waals surface area (Å²) in [6.07, 6.45) is -0.606. The lowest BCUT2D eigenvalue weighted by atomic mass is 10.1. The van der Waals surface area contributed by atoms with E-state index in [4.69, 9.17) is 23.2 Å². The third-order valence-electron chi connectivity index (χ3n) is 4.25. The van der Waals surface area contributed by atoms with Gasteiger partial charge in [-0.3, -0.25) is 4.79 Å². The van der Waals surface area contributed by atoms with Gasteiger partial charge >= 0.3 is 0 Å². The van der Waals surface area contributed by atoms with Crippen molar-refractivity contribution in [1.29, 1.82) is 0 Å². The summed E-state index contributed by atoms with van der Waals surface area (Å²) in [5.74, 6) is -0.0845. The smallest absolute Gasteiger partial charge is 0.178 e. The molecular formula is C22H16Br2Cl2N2O2. The fourth-order valence-electron chi connectivity index (χ4n) is 2.73. The van der Waals surface area contributed by atoms with Gasteiger partial charge in [0.2, 0.25) is 0 Å². The lowest BCUT2D eigenvalue weighted by molar-refractivity contribution is 0.101. The average molecular weight is 571 g/mol. The summed E-state index contributed by atoms with van der Waals surface area (Å²) in [5, 5.41) is 12.4. The van der Waals surface area contributed by atoms with Crippen molar-refractivity contribution in [3.05, 3.63) is 78.9 Å². The molecule has 1 atom stereocenters. The Bertz CT molecular complexity index is 1260. The quantitative estimate of drug-likeness (QED) is 0.253. The van der Waals surface area contributed by atoms with E-state index in [1.54, 1.807) is 19.1 Å². The second kappa shape index (κ2) is 9.71. The number of aromatic nitrogens is 2. The number of hydrogen-bond acceptors (Lipinski definition) is 4. The van der Waals surface area contributed by atoms with Crippen molar-refractivity contribution in [2.75, 3.05) is 0 Å². The van der Waals surface area contributed by atoms with Crippen LogP contribution in [0.2, 0.25) is 10.0 Å². The van der Waals surface area contributed by atoms with Crippen LogP contribution >= 0.6 is 55.1 Å². The Morgan fingerprint density at radius 2 is 1.40 bits per heavy atom. The van der Waals surface area contributed by atoms with Gasteiger partial charge in [-0.15, -0.1) is 0 Å². The number of Topliss-reactive ketones (excluding diaryl/α,β-unsaturated/α-hetero) is 1. The Morgan fingerprint density at radius 1 is 0.900 bits per heavy atom. The highest BCUT2D eigenvalue weighted by Gasteiger charge is 2.09. The molecule has 0 amide bonds. The van der Waals surface area contributed by atoms with Crippen molar-refractivity contribution < 1.29 is 9.90 Å². The van der Waals surface area contributed by atoms with Crippen molar-refractivity contribution in [3.63, 3.8) is 0 Å². The van der Waals surface area contributed by atoms with Gasteiger partial charge in [0.25, 0.3) is 0 Å². The largest absolute Gasteiger partial charge is 0.387 e. The summed E-state index contributed by atoms with van der Waals surface area (Å²) < 4.78 is 1.86. The van der Waals surface area contributed by atoms with E-state index >= 15 is 0 Å². The number of pyridine rings is 2. The van der Waals surface area contributed by atoms with Crippen LogP contribution in [0.3, 0.4) is 0 Å². The SMILES string of the molecule is CC(=O)c1cc(Cl)c2ccc(Br)cc2n1.C[C@@H](O)c1cc(Cl)c2ccc(Br)cc2n1. The van der Waals surface area contributed by atoms with E-state index < -0.39 is 6.10 Å². The summed E-state index contributed by atoms with van der Waals surface area (Å²) >= 11 is 18.9. The molecule has 0 bridgehead atoms. The fourth-order valence-corrected chi connectivity index (χ4v) is 3.96. The number of aliphatic hydroxyl groups excluding tert-OH is 1. The second-order valence-corrected chi connectivity index (χ2v) is 9.22. The Morgan fingerprint density at radius 3 is 1.90 bits per heavy atom. The maximum Gasteiger partial charge on any atom is 0.178 e. The molecule has 4 rings (SSSR count). The van der Waals surface area contributed by atoms with Crippen LogP contribution < -0.4 is 0 Å². The van der Waals surface area contributed by atoms with E-state index in [1.807, 2.05) is 36.4 Å². The maximum atomic E-state index is 11.2. The monoisotopic (exact) mass is 568 g/mol. The van der Waals surface area contributed by atoms with Crippen molar-refractivity contribution in [2.24, 2.45) is 0 Å². The van der Waals surface area contributed by atoms with Crippen molar-refractivity contribution in [3.8, 4) is 0 Å². The molecule has 1 N–H and O–H groups in total. The number of ketones is 1. The first-order valence-electron chi connectivity index (χ1n) is 8.86. The summed E-state index contributed by atoms with van der Waals surface area (Å²) in [6.45, 7) is 3.14. The minimum atomic E-state index is -0.606. The number of carbonyl (C=O) groups excluding carboxylic acids is 1. The van der Waals surface area contributed by atoms with Gasteiger partial charge in [0.1, 0.15) is 5.69 Å². The summed E-state index contributed by atoms with van der Waals surface area (Å²) in [7, 11) is 0. The Labute approximate surface area is 200 Å². The number of benzene rings is 2. The van der Waals surface area contributed by atoms with Gasteiger partial charge in [0.05, 0.1) is 32.9 Å². The van der Waals surface area contributed by atoms with Crippen molar-refractivity contribution in [2.45, 2.75) is 20.0 Å².